The van der Waals surface area contributed by atoms with E-state index in [2.05, 4.69) is 36.7 Å². The molecule has 3 aromatic rings. The van der Waals surface area contributed by atoms with Gasteiger partial charge in [0, 0.05) is 22.8 Å². The molecule has 6 nitrogen and oxygen atoms in total. The fourth-order valence-electron chi connectivity index (χ4n) is 4.14. The summed E-state index contributed by atoms with van der Waals surface area (Å²) in [6.07, 6.45) is -0.895. The van der Waals surface area contributed by atoms with Crippen LogP contribution < -0.4 is 26.8 Å². The summed E-state index contributed by atoms with van der Waals surface area (Å²) in [6.45, 7) is 8.72. The molecule has 3 aromatic carbocycles. The summed E-state index contributed by atoms with van der Waals surface area (Å²) in [5.41, 5.74) is 3.22. The van der Waals surface area contributed by atoms with Crippen molar-refractivity contribution in [2.45, 2.75) is 46.5 Å². The minimum Gasteiger partial charge on any atom is -0.374 e. The van der Waals surface area contributed by atoms with Crippen molar-refractivity contribution in [3.63, 3.8) is 0 Å². The van der Waals surface area contributed by atoms with Crippen LogP contribution in [-0.2, 0) is 6.54 Å². The molecule has 0 spiro atoms. The number of fused-ring (bicyclic) bond motifs is 1. The molecule has 1 aliphatic heterocycles. The molecule has 0 amide bonds. The molecule has 162 valence electrons. The summed E-state index contributed by atoms with van der Waals surface area (Å²) >= 11 is 6.25. The second kappa shape index (κ2) is 7.79. The van der Waals surface area contributed by atoms with Crippen LogP contribution in [0, 0.1) is 12.3 Å². The van der Waals surface area contributed by atoms with Gasteiger partial charge in [0.25, 0.3) is 10.9 Å². The lowest BCUT2D eigenvalue weighted by atomic mass is 9.80. The molecule has 4 N–H and O–H groups in total. The molecular weight excluding hydrogens is 414 g/mol. The molecule has 2 unspecified atom stereocenters. The van der Waals surface area contributed by atoms with E-state index in [0.29, 0.717) is 22.8 Å². The van der Waals surface area contributed by atoms with Crippen LogP contribution >= 0.6 is 11.6 Å². The van der Waals surface area contributed by atoms with Gasteiger partial charge in [-0.15, -0.1) is 0 Å². The summed E-state index contributed by atoms with van der Waals surface area (Å²) in [6, 6.07) is 11.2. The van der Waals surface area contributed by atoms with Crippen molar-refractivity contribution in [2.24, 2.45) is 5.41 Å². The lowest BCUT2D eigenvalue weighted by Gasteiger charge is -2.34. The van der Waals surface area contributed by atoms with Gasteiger partial charge >= 0.3 is 0 Å². The van der Waals surface area contributed by atoms with Crippen molar-refractivity contribution in [3.05, 3.63) is 84.1 Å². The molecule has 0 aromatic heterocycles. The van der Waals surface area contributed by atoms with Gasteiger partial charge in [-0.25, -0.2) is 0 Å². The predicted octanol–water partition coefficient (Wildman–Crippen LogP) is 4.28. The minimum absolute atomic E-state index is 0.180. The molecule has 0 saturated heterocycles. The molecule has 0 fully saturated rings. The normalized spacial score (nSPS) is 16.9. The number of hydrogen-bond donors (Lipinski definition) is 4. The first-order valence-electron chi connectivity index (χ1n) is 10.2. The number of rotatable bonds is 5. The summed E-state index contributed by atoms with van der Waals surface area (Å²) in [7, 11) is 0. The van der Waals surface area contributed by atoms with Crippen molar-refractivity contribution in [2.75, 3.05) is 10.6 Å². The smallest absolute Gasteiger partial charge is 0.253 e. The average molecular weight is 440 g/mol. The first-order valence-corrected chi connectivity index (χ1v) is 10.6. The molecule has 4 rings (SSSR count). The van der Waals surface area contributed by atoms with Crippen molar-refractivity contribution in [3.8, 4) is 0 Å². The summed E-state index contributed by atoms with van der Waals surface area (Å²) in [4.78, 5) is 24.9. The van der Waals surface area contributed by atoms with Gasteiger partial charge in [0.1, 0.15) is 17.6 Å². The van der Waals surface area contributed by atoms with E-state index in [1.807, 2.05) is 31.2 Å². The number of aryl methyl sites for hydroxylation is 1. The molecule has 0 saturated carbocycles. The zero-order chi connectivity index (χ0) is 22.5. The molecule has 31 heavy (non-hydrogen) atoms. The van der Waals surface area contributed by atoms with E-state index in [9.17, 15) is 14.7 Å². The fourth-order valence-corrected chi connectivity index (χ4v) is 4.37. The highest BCUT2D eigenvalue weighted by Gasteiger charge is 2.33. The highest BCUT2D eigenvalue weighted by molar-refractivity contribution is 6.31. The van der Waals surface area contributed by atoms with Crippen molar-refractivity contribution >= 4 is 28.7 Å². The van der Waals surface area contributed by atoms with Crippen molar-refractivity contribution < 1.29 is 5.11 Å². The Labute approximate surface area is 186 Å². The van der Waals surface area contributed by atoms with Gasteiger partial charge in [-0.05, 0) is 41.2 Å². The minimum atomic E-state index is -0.895. The van der Waals surface area contributed by atoms with Crippen LogP contribution in [0.1, 0.15) is 55.3 Å². The highest BCUT2D eigenvalue weighted by Crippen LogP contribution is 2.40. The molecule has 7 heteroatoms. The van der Waals surface area contributed by atoms with Crippen molar-refractivity contribution in [1.82, 2.24) is 5.32 Å². The summed E-state index contributed by atoms with van der Waals surface area (Å²) in [5, 5.41) is 20.2. The van der Waals surface area contributed by atoms with Gasteiger partial charge in [0.15, 0.2) is 0 Å². The standard InChI is InChI=1S/C24H26ClN3O3/c1-12-7-5-6-8-13(12)22(24(2,3)4)28-19-18(20(29)21(19)30)27-16-10-9-15(25)14-11-26-23(31)17(14)16/h5-10,22-23,26-28,31H,11H2,1-4H3. The van der Waals surface area contributed by atoms with E-state index < -0.39 is 17.1 Å². The number of anilines is 3. The summed E-state index contributed by atoms with van der Waals surface area (Å²) < 4.78 is 0. The first kappa shape index (κ1) is 21.6. The van der Waals surface area contributed by atoms with E-state index in [4.69, 9.17) is 11.6 Å². The Kier molecular flexibility index (Phi) is 5.41. The van der Waals surface area contributed by atoms with Crippen LogP contribution in [0.25, 0.3) is 0 Å². The van der Waals surface area contributed by atoms with Crippen LogP contribution in [0.15, 0.2) is 46.0 Å². The Hall–Kier alpha value is -2.67. The number of nitrogens with one attached hydrogen (secondary N) is 3. The maximum atomic E-state index is 12.5. The molecular formula is C24H26ClN3O3. The lowest BCUT2D eigenvalue weighted by Crippen LogP contribution is -2.39. The van der Waals surface area contributed by atoms with Gasteiger partial charge in [-0.1, -0.05) is 56.6 Å². The van der Waals surface area contributed by atoms with Crippen LogP contribution in [0.4, 0.5) is 17.1 Å². The summed E-state index contributed by atoms with van der Waals surface area (Å²) in [5.74, 6) is 0. The monoisotopic (exact) mass is 439 g/mol. The second-order valence-corrected chi connectivity index (χ2v) is 9.51. The zero-order valence-electron chi connectivity index (χ0n) is 18.0. The average Bonchev–Trinajstić information content (AvgIpc) is 3.11. The van der Waals surface area contributed by atoms with E-state index in [-0.39, 0.29) is 22.8 Å². The Morgan fingerprint density at radius 2 is 1.77 bits per heavy atom. The van der Waals surface area contributed by atoms with Gasteiger partial charge in [0.2, 0.25) is 0 Å². The number of aliphatic hydroxyl groups excluding tert-OH is 1. The number of benzene rings is 2. The zero-order valence-corrected chi connectivity index (χ0v) is 18.7. The maximum absolute atomic E-state index is 12.5. The Balaban J connectivity index is 1.72. The highest BCUT2D eigenvalue weighted by atomic mass is 35.5. The Bertz CT molecular complexity index is 1220. The van der Waals surface area contributed by atoms with Gasteiger partial charge < -0.3 is 15.7 Å². The van der Waals surface area contributed by atoms with Crippen LogP contribution in [0.2, 0.25) is 5.02 Å². The van der Waals surface area contributed by atoms with Crippen molar-refractivity contribution in [1.29, 1.82) is 0 Å². The Morgan fingerprint density at radius 3 is 2.45 bits per heavy atom. The van der Waals surface area contributed by atoms with Gasteiger partial charge in [0.05, 0.1) is 6.04 Å². The largest absolute Gasteiger partial charge is 0.374 e. The molecule has 1 aliphatic rings. The molecule has 0 bridgehead atoms. The van der Waals surface area contributed by atoms with Crippen LogP contribution in [-0.4, -0.2) is 5.11 Å². The second-order valence-electron chi connectivity index (χ2n) is 9.10. The fraction of sp³-hybridized carbons (Fsp3) is 0.333. The van der Waals surface area contributed by atoms with Gasteiger partial charge in [-0.2, -0.15) is 0 Å². The first-order chi connectivity index (χ1) is 14.6. The van der Waals surface area contributed by atoms with Crippen LogP contribution in [0.3, 0.4) is 0 Å². The number of hydrogen-bond acceptors (Lipinski definition) is 6. The van der Waals surface area contributed by atoms with Gasteiger partial charge in [-0.3, -0.25) is 14.9 Å². The number of aliphatic hydroxyl groups is 1. The topological polar surface area (TPSA) is 90.5 Å². The predicted molar refractivity (Wildman–Crippen MR) is 125 cm³/mol. The third kappa shape index (κ3) is 3.76. The van der Waals surface area contributed by atoms with E-state index in [0.717, 1.165) is 16.7 Å². The molecule has 2 atom stereocenters. The number of halogens is 1. The van der Waals surface area contributed by atoms with Crippen LogP contribution in [0.5, 0.6) is 0 Å². The molecule has 1 heterocycles. The SMILES string of the molecule is Cc1ccccc1C(Nc1c(Nc2ccc(Cl)c3c2C(O)NC3)c(=O)c1=O)C(C)(C)C. The molecule has 0 radical (unpaired) electrons. The van der Waals surface area contributed by atoms with E-state index in [1.165, 1.54) is 0 Å². The van der Waals surface area contributed by atoms with E-state index >= 15 is 0 Å². The molecule has 0 aliphatic carbocycles. The Morgan fingerprint density at radius 1 is 1.10 bits per heavy atom. The third-order valence-electron chi connectivity index (χ3n) is 5.87. The maximum Gasteiger partial charge on any atom is 0.253 e. The quantitative estimate of drug-likeness (QED) is 0.443. The third-order valence-corrected chi connectivity index (χ3v) is 6.22. The van der Waals surface area contributed by atoms with E-state index in [1.54, 1.807) is 12.1 Å². The lowest BCUT2D eigenvalue weighted by molar-refractivity contribution is 0.152.